The van der Waals surface area contributed by atoms with Crippen LogP contribution in [0.15, 0.2) is 42.6 Å². The van der Waals surface area contributed by atoms with Gasteiger partial charge in [0.15, 0.2) is 11.5 Å². The topological polar surface area (TPSA) is 54.9 Å². The van der Waals surface area contributed by atoms with E-state index in [1.165, 1.54) is 0 Å². The molecule has 2 aromatic rings. The Kier molecular flexibility index (Phi) is 5.25. The number of carbonyl (C=O) groups is 1. The van der Waals surface area contributed by atoms with Crippen LogP contribution in [0.4, 0.5) is 0 Å². The number of aromatic nitrogens is 1. The predicted molar refractivity (Wildman–Crippen MR) is 102 cm³/mol. The van der Waals surface area contributed by atoms with Gasteiger partial charge in [-0.1, -0.05) is 18.2 Å². The van der Waals surface area contributed by atoms with E-state index in [4.69, 9.17) is 9.47 Å². The number of fused-ring (bicyclic) bond motifs is 1. The zero-order chi connectivity index (χ0) is 18.6. The Hall–Kier alpha value is -2.60. The summed E-state index contributed by atoms with van der Waals surface area (Å²) in [5.41, 5.74) is 2.12. The van der Waals surface area contributed by atoms with E-state index in [2.05, 4.69) is 9.88 Å². The number of piperazine rings is 1. The van der Waals surface area contributed by atoms with Crippen LogP contribution in [0.1, 0.15) is 11.3 Å². The van der Waals surface area contributed by atoms with E-state index in [-0.39, 0.29) is 11.8 Å². The van der Waals surface area contributed by atoms with E-state index in [9.17, 15) is 4.79 Å². The highest BCUT2D eigenvalue weighted by atomic mass is 16.5. The van der Waals surface area contributed by atoms with Crippen molar-refractivity contribution in [2.24, 2.45) is 5.92 Å². The largest absolute Gasteiger partial charge is 0.493 e. The molecular weight excluding hydrogens is 342 g/mol. The predicted octanol–water partition coefficient (Wildman–Crippen LogP) is 1.99. The van der Waals surface area contributed by atoms with Gasteiger partial charge < -0.3 is 14.4 Å². The molecule has 1 unspecified atom stereocenters. The zero-order valence-electron chi connectivity index (χ0n) is 15.6. The number of nitrogens with zero attached hydrogens (tertiary/aromatic N) is 3. The number of hydrogen-bond donors (Lipinski definition) is 0. The molecule has 27 heavy (non-hydrogen) atoms. The molecule has 0 radical (unpaired) electrons. The molecule has 1 atom stereocenters. The van der Waals surface area contributed by atoms with Crippen molar-refractivity contribution in [2.45, 2.75) is 13.0 Å². The number of amides is 1. The van der Waals surface area contributed by atoms with Crippen LogP contribution in [0.3, 0.4) is 0 Å². The van der Waals surface area contributed by atoms with Gasteiger partial charge in [-0.2, -0.15) is 0 Å². The summed E-state index contributed by atoms with van der Waals surface area (Å²) in [4.78, 5) is 21.7. The van der Waals surface area contributed by atoms with Crippen molar-refractivity contribution in [3.05, 3.63) is 53.9 Å². The van der Waals surface area contributed by atoms with Crippen molar-refractivity contribution in [2.75, 3.05) is 39.9 Å². The Bertz CT molecular complexity index is 789. The van der Waals surface area contributed by atoms with Crippen molar-refractivity contribution < 1.29 is 14.3 Å². The number of hydrogen-bond acceptors (Lipinski definition) is 5. The number of rotatable bonds is 4. The maximum atomic E-state index is 13.0. The molecule has 0 spiro atoms. The molecule has 6 heteroatoms. The number of ether oxygens (including phenoxy) is 2. The first-order chi connectivity index (χ1) is 13.2. The molecule has 0 saturated carbocycles. The first kappa shape index (κ1) is 17.8. The molecule has 1 aromatic carbocycles. The summed E-state index contributed by atoms with van der Waals surface area (Å²) in [6.45, 7) is 4.52. The molecule has 142 valence electrons. The number of methoxy groups -OCH3 is 1. The molecule has 4 rings (SSSR count). The molecule has 2 aliphatic heterocycles. The standard InChI is InChI=1S/C21H25N3O3/c1-26-19-7-4-5-16-13-17(15-27-20(16)19)21(25)24-11-9-23(10-12-24)14-18-6-2-3-8-22-18/h2-8,17H,9-15H2,1H3. The SMILES string of the molecule is COc1cccc2c1OCC(C(=O)N1CCN(Cc3ccccn3)CC1)C2. The lowest BCUT2D eigenvalue weighted by Crippen LogP contribution is -2.51. The monoisotopic (exact) mass is 367 g/mol. The summed E-state index contributed by atoms with van der Waals surface area (Å²) in [6, 6.07) is 11.8. The van der Waals surface area contributed by atoms with Crippen molar-refractivity contribution in [3.63, 3.8) is 0 Å². The average molecular weight is 367 g/mol. The number of carbonyl (C=O) groups excluding carboxylic acids is 1. The van der Waals surface area contributed by atoms with Crippen LogP contribution < -0.4 is 9.47 Å². The fraction of sp³-hybridized carbons (Fsp3) is 0.429. The Morgan fingerprint density at radius 2 is 2.04 bits per heavy atom. The van der Waals surface area contributed by atoms with Crippen LogP contribution >= 0.6 is 0 Å². The Morgan fingerprint density at radius 3 is 2.78 bits per heavy atom. The van der Waals surface area contributed by atoms with Gasteiger partial charge in [0, 0.05) is 38.9 Å². The van der Waals surface area contributed by atoms with Crippen molar-refractivity contribution in [3.8, 4) is 11.5 Å². The minimum atomic E-state index is -0.119. The normalized spacial score (nSPS) is 19.9. The van der Waals surface area contributed by atoms with Gasteiger partial charge in [0.2, 0.25) is 5.91 Å². The van der Waals surface area contributed by atoms with Crippen LogP contribution in [0.2, 0.25) is 0 Å². The summed E-state index contributed by atoms with van der Waals surface area (Å²) >= 11 is 0. The molecule has 0 bridgehead atoms. The highest BCUT2D eigenvalue weighted by molar-refractivity contribution is 5.80. The highest BCUT2D eigenvalue weighted by Gasteiger charge is 2.32. The van der Waals surface area contributed by atoms with E-state index in [0.717, 1.165) is 55.5 Å². The highest BCUT2D eigenvalue weighted by Crippen LogP contribution is 2.36. The van der Waals surface area contributed by atoms with Crippen molar-refractivity contribution >= 4 is 5.91 Å². The van der Waals surface area contributed by atoms with E-state index in [1.54, 1.807) is 7.11 Å². The van der Waals surface area contributed by atoms with E-state index in [0.29, 0.717) is 13.0 Å². The molecule has 1 fully saturated rings. The summed E-state index contributed by atoms with van der Waals surface area (Å²) < 4.78 is 11.2. The second kappa shape index (κ2) is 7.96. The summed E-state index contributed by atoms with van der Waals surface area (Å²) in [5.74, 6) is 1.60. The summed E-state index contributed by atoms with van der Waals surface area (Å²) in [5, 5.41) is 0. The number of pyridine rings is 1. The molecular formula is C21H25N3O3. The third kappa shape index (κ3) is 3.90. The third-order valence-corrected chi connectivity index (χ3v) is 5.32. The fourth-order valence-corrected chi connectivity index (χ4v) is 3.82. The molecule has 2 aliphatic rings. The van der Waals surface area contributed by atoms with E-state index >= 15 is 0 Å². The minimum absolute atomic E-state index is 0.119. The van der Waals surface area contributed by atoms with Crippen LogP contribution in [0.25, 0.3) is 0 Å². The second-order valence-electron chi connectivity index (χ2n) is 7.08. The first-order valence-corrected chi connectivity index (χ1v) is 9.44. The zero-order valence-corrected chi connectivity index (χ0v) is 15.6. The minimum Gasteiger partial charge on any atom is -0.493 e. The van der Waals surface area contributed by atoms with Crippen molar-refractivity contribution in [1.82, 2.24) is 14.8 Å². The molecule has 0 aliphatic carbocycles. The number of benzene rings is 1. The van der Waals surface area contributed by atoms with Gasteiger partial charge in [-0.25, -0.2) is 0 Å². The number of para-hydroxylation sites is 1. The Morgan fingerprint density at radius 1 is 1.19 bits per heavy atom. The first-order valence-electron chi connectivity index (χ1n) is 9.44. The average Bonchev–Trinajstić information content (AvgIpc) is 2.73. The van der Waals surface area contributed by atoms with E-state index in [1.807, 2.05) is 47.5 Å². The van der Waals surface area contributed by atoms with E-state index < -0.39 is 0 Å². The van der Waals surface area contributed by atoms with Crippen molar-refractivity contribution in [1.29, 1.82) is 0 Å². The van der Waals surface area contributed by atoms with Gasteiger partial charge in [-0.05, 0) is 30.2 Å². The van der Waals surface area contributed by atoms with Gasteiger partial charge >= 0.3 is 0 Å². The maximum Gasteiger partial charge on any atom is 0.229 e. The summed E-state index contributed by atoms with van der Waals surface area (Å²) in [7, 11) is 1.64. The Balaban J connectivity index is 1.33. The molecule has 6 nitrogen and oxygen atoms in total. The fourth-order valence-electron chi connectivity index (χ4n) is 3.82. The quantitative estimate of drug-likeness (QED) is 0.827. The molecule has 3 heterocycles. The second-order valence-corrected chi connectivity index (χ2v) is 7.08. The lowest BCUT2D eigenvalue weighted by Gasteiger charge is -2.37. The van der Waals surface area contributed by atoms with Gasteiger partial charge in [0.1, 0.15) is 6.61 Å². The van der Waals surface area contributed by atoms with Crippen LogP contribution in [0, 0.1) is 5.92 Å². The third-order valence-electron chi connectivity index (χ3n) is 5.32. The molecule has 1 amide bonds. The lowest BCUT2D eigenvalue weighted by molar-refractivity contribution is -0.138. The van der Waals surface area contributed by atoms with Crippen LogP contribution in [-0.4, -0.2) is 60.6 Å². The van der Waals surface area contributed by atoms with Gasteiger partial charge in [-0.15, -0.1) is 0 Å². The smallest absolute Gasteiger partial charge is 0.229 e. The molecule has 0 N–H and O–H groups in total. The van der Waals surface area contributed by atoms with Gasteiger partial charge in [0.05, 0.1) is 18.7 Å². The maximum absolute atomic E-state index is 13.0. The summed E-state index contributed by atoms with van der Waals surface area (Å²) in [6.07, 6.45) is 2.53. The lowest BCUT2D eigenvalue weighted by atomic mass is 9.95. The Labute approximate surface area is 159 Å². The van der Waals surface area contributed by atoms with Crippen LogP contribution in [0.5, 0.6) is 11.5 Å². The molecule has 1 saturated heterocycles. The van der Waals surface area contributed by atoms with Crippen LogP contribution in [-0.2, 0) is 17.8 Å². The van der Waals surface area contributed by atoms with Gasteiger partial charge in [0.25, 0.3) is 0 Å². The molecule has 1 aromatic heterocycles. The van der Waals surface area contributed by atoms with Gasteiger partial charge in [-0.3, -0.25) is 14.7 Å².